The lowest BCUT2D eigenvalue weighted by Gasteiger charge is -2.21. The summed E-state index contributed by atoms with van der Waals surface area (Å²) in [6.45, 7) is 0.866. The Labute approximate surface area is 121 Å². The number of hydrogen-bond donors (Lipinski definition) is 3. The summed E-state index contributed by atoms with van der Waals surface area (Å²) in [5, 5.41) is 14.2. The van der Waals surface area contributed by atoms with Crippen molar-refractivity contribution < 1.29 is 19.1 Å². The molecule has 0 saturated carbocycles. The quantitative estimate of drug-likeness (QED) is 0.772. The fourth-order valence-electron chi connectivity index (χ4n) is 2.01. The Hall–Kier alpha value is -1.63. The monoisotopic (exact) mass is 298 g/mol. The van der Waals surface area contributed by atoms with Crippen LogP contribution in [0.2, 0.25) is 0 Å². The fourth-order valence-corrected chi connectivity index (χ4v) is 3.21. The summed E-state index contributed by atoms with van der Waals surface area (Å²) in [6, 6.07) is 2.66. The van der Waals surface area contributed by atoms with Gasteiger partial charge in [0.2, 0.25) is 5.76 Å². The van der Waals surface area contributed by atoms with Crippen LogP contribution in [-0.2, 0) is 6.54 Å². The Bertz CT molecular complexity index is 469. The molecule has 0 aromatic carbocycles. The van der Waals surface area contributed by atoms with Crippen molar-refractivity contribution in [1.82, 2.24) is 10.6 Å². The standard InChI is InChI=1S/C13H18N2O4S/c16-12(17)11-2-1-10(19-11)8-15-13(18)14-7-9-3-5-20-6-4-9/h1-2,9H,3-8H2,(H,16,17)(H2,14,15,18). The van der Waals surface area contributed by atoms with Crippen LogP contribution in [0, 0.1) is 5.92 Å². The largest absolute Gasteiger partial charge is 0.475 e. The van der Waals surface area contributed by atoms with Crippen molar-refractivity contribution in [2.24, 2.45) is 5.92 Å². The first-order valence-corrected chi connectivity index (χ1v) is 7.72. The van der Waals surface area contributed by atoms with E-state index in [0.717, 1.165) is 12.8 Å². The molecule has 0 radical (unpaired) electrons. The maximum atomic E-state index is 11.6. The van der Waals surface area contributed by atoms with Crippen molar-refractivity contribution in [3.05, 3.63) is 23.7 Å². The van der Waals surface area contributed by atoms with Crippen LogP contribution in [0.15, 0.2) is 16.5 Å². The summed E-state index contributed by atoms with van der Waals surface area (Å²) < 4.78 is 5.05. The summed E-state index contributed by atoms with van der Waals surface area (Å²) >= 11 is 1.96. The lowest BCUT2D eigenvalue weighted by atomic mass is 10.0. The molecule has 1 aliphatic heterocycles. The first-order chi connectivity index (χ1) is 9.65. The average molecular weight is 298 g/mol. The van der Waals surface area contributed by atoms with E-state index in [1.54, 1.807) is 6.07 Å². The molecule has 1 aromatic heterocycles. The first-order valence-electron chi connectivity index (χ1n) is 6.56. The second kappa shape index (κ2) is 7.23. The zero-order valence-electron chi connectivity index (χ0n) is 11.1. The third kappa shape index (κ3) is 4.48. The molecule has 0 bridgehead atoms. The predicted molar refractivity (Wildman–Crippen MR) is 76.0 cm³/mol. The van der Waals surface area contributed by atoms with E-state index in [0.29, 0.717) is 18.2 Å². The summed E-state index contributed by atoms with van der Waals surface area (Å²) in [4.78, 5) is 22.2. The first kappa shape index (κ1) is 14.8. The minimum Gasteiger partial charge on any atom is -0.475 e. The number of thioether (sulfide) groups is 1. The van der Waals surface area contributed by atoms with Gasteiger partial charge in [0.25, 0.3) is 0 Å². The molecule has 2 amide bonds. The number of rotatable bonds is 5. The van der Waals surface area contributed by atoms with E-state index in [-0.39, 0.29) is 18.3 Å². The lowest BCUT2D eigenvalue weighted by molar-refractivity contribution is 0.0660. The number of furan rings is 1. The van der Waals surface area contributed by atoms with Gasteiger partial charge in [0, 0.05) is 6.54 Å². The van der Waals surface area contributed by atoms with Gasteiger partial charge in [-0.2, -0.15) is 11.8 Å². The average Bonchev–Trinajstić information content (AvgIpc) is 2.93. The number of nitrogens with one attached hydrogen (secondary N) is 2. The summed E-state index contributed by atoms with van der Waals surface area (Å²) in [6.07, 6.45) is 2.29. The van der Waals surface area contributed by atoms with Crippen LogP contribution < -0.4 is 10.6 Å². The van der Waals surface area contributed by atoms with Crippen LogP contribution in [0.5, 0.6) is 0 Å². The van der Waals surface area contributed by atoms with Crippen molar-refractivity contribution in [2.75, 3.05) is 18.1 Å². The van der Waals surface area contributed by atoms with Gasteiger partial charge in [-0.1, -0.05) is 0 Å². The maximum absolute atomic E-state index is 11.6. The number of carboxylic acids is 1. The highest BCUT2D eigenvalue weighted by molar-refractivity contribution is 7.99. The molecule has 6 nitrogen and oxygen atoms in total. The third-order valence-corrected chi connectivity index (χ3v) is 4.24. The third-order valence-electron chi connectivity index (χ3n) is 3.19. The molecule has 3 N–H and O–H groups in total. The molecule has 0 atom stereocenters. The van der Waals surface area contributed by atoms with Gasteiger partial charge in [-0.25, -0.2) is 9.59 Å². The molecule has 7 heteroatoms. The molecule has 0 spiro atoms. The van der Waals surface area contributed by atoms with Crippen LogP contribution >= 0.6 is 11.8 Å². The number of urea groups is 1. The van der Waals surface area contributed by atoms with Crippen molar-refractivity contribution in [2.45, 2.75) is 19.4 Å². The maximum Gasteiger partial charge on any atom is 0.371 e. The molecule has 0 aliphatic carbocycles. The van der Waals surface area contributed by atoms with E-state index in [2.05, 4.69) is 10.6 Å². The Morgan fingerprint density at radius 2 is 2.05 bits per heavy atom. The number of hydrogen-bond acceptors (Lipinski definition) is 4. The summed E-state index contributed by atoms with van der Waals surface area (Å²) in [7, 11) is 0. The normalized spacial score (nSPS) is 15.8. The number of carbonyl (C=O) groups excluding carboxylic acids is 1. The molecular formula is C13H18N2O4S. The Morgan fingerprint density at radius 1 is 1.30 bits per heavy atom. The number of carbonyl (C=O) groups is 2. The summed E-state index contributed by atoms with van der Waals surface area (Å²) in [5.74, 6) is 2.07. The van der Waals surface area contributed by atoms with E-state index in [1.165, 1.54) is 17.6 Å². The van der Waals surface area contributed by atoms with E-state index < -0.39 is 5.97 Å². The van der Waals surface area contributed by atoms with Crippen LogP contribution in [0.1, 0.15) is 29.2 Å². The molecular weight excluding hydrogens is 280 g/mol. The van der Waals surface area contributed by atoms with E-state index in [1.807, 2.05) is 11.8 Å². The number of amides is 2. The topological polar surface area (TPSA) is 91.6 Å². The van der Waals surface area contributed by atoms with Gasteiger partial charge in [-0.3, -0.25) is 0 Å². The fraction of sp³-hybridized carbons (Fsp3) is 0.538. The zero-order chi connectivity index (χ0) is 14.4. The molecule has 1 fully saturated rings. The van der Waals surface area contributed by atoms with E-state index in [4.69, 9.17) is 9.52 Å². The van der Waals surface area contributed by atoms with Gasteiger partial charge in [0.1, 0.15) is 5.76 Å². The van der Waals surface area contributed by atoms with Gasteiger partial charge in [0.15, 0.2) is 0 Å². The number of aromatic carboxylic acids is 1. The second-order valence-corrected chi connectivity index (χ2v) is 5.92. The zero-order valence-corrected chi connectivity index (χ0v) is 11.9. The van der Waals surface area contributed by atoms with Gasteiger partial charge in [-0.15, -0.1) is 0 Å². The van der Waals surface area contributed by atoms with Gasteiger partial charge >= 0.3 is 12.0 Å². The molecule has 2 rings (SSSR count). The van der Waals surface area contributed by atoms with Crippen LogP contribution in [0.4, 0.5) is 4.79 Å². The molecule has 2 heterocycles. The Kier molecular flexibility index (Phi) is 5.34. The van der Waals surface area contributed by atoms with Crippen LogP contribution in [0.3, 0.4) is 0 Å². The van der Waals surface area contributed by atoms with Gasteiger partial charge in [-0.05, 0) is 42.4 Å². The van der Waals surface area contributed by atoms with Crippen molar-refractivity contribution in [3.8, 4) is 0 Å². The molecule has 1 aromatic rings. The SMILES string of the molecule is O=C(NCc1ccc(C(=O)O)o1)NCC1CCSCC1. The van der Waals surface area contributed by atoms with E-state index >= 15 is 0 Å². The Balaban J connectivity index is 1.67. The highest BCUT2D eigenvalue weighted by Crippen LogP contribution is 2.21. The lowest BCUT2D eigenvalue weighted by Crippen LogP contribution is -2.38. The van der Waals surface area contributed by atoms with Crippen LogP contribution in [0.25, 0.3) is 0 Å². The van der Waals surface area contributed by atoms with Crippen LogP contribution in [-0.4, -0.2) is 35.2 Å². The highest BCUT2D eigenvalue weighted by Gasteiger charge is 2.14. The van der Waals surface area contributed by atoms with Gasteiger partial charge < -0.3 is 20.2 Å². The van der Waals surface area contributed by atoms with Crippen molar-refractivity contribution in [3.63, 3.8) is 0 Å². The Morgan fingerprint density at radius 3 is 2.70 bits per heavy atom. The highest BCUT2D eigenvalue weighted by atomic mass is 32.2. The molecule has 20 heavy (non-hydrogen) atoms. The molecule has 110 valence electrons. The summed E-state index contributed by atoms with van der Waals surface area (Å²) in [5.41, 5.74) is 0. The minimum absolute atomic E-state index is 0.123. The molecule has 1 saturated heterocycles. The minimum atomic E-state index is -1.11. The number of carboxylic acid groups (broad SMARTS) is 1. The van der Waals surface area contributed by atoms with E-state index in [9.17, 15) is 9.59 Å². The predicted octanol–water partition coefficient (Wildman–Crippen LogP) is 1.92. The van der Waals surface area contributed by atoms with Gasteiger partial charge in [0.05, 0.1) is 6.54 Å². The molecule has 0 unspecified atom stereocenters. The molecule has 1 aliphatic rings. The second-order valence-electron chi connectivity index (χ2n) is 4.69. The van der Waals surface area contributed by atoms with Crippen molar-refractivity contribution in [1.29, 1.82) is 0 Å². The van der Waals surface area contributed by atoms with Crippen molar-refractivity contribution >= 4 is 23.8 Å². The smallest absolute Gasteiger partial charge is 0.371 e.